The Kier molecular flexibility index (Phi) is 6.41. The van der Waals surface area contributed by atoms with Gasteiger partial charge in [-0.05, 0) is 42.3 Å². The van der Waals surface area contributed by atoms with Gasteiger partial charge in [-0.15, -0.1) is 0 Å². The van der Waals surface area contributed by atoms with E-state index in [0.29, 0.717) is 12.2 Å². The van der Waals surface area contributed by atoms with Gasteiger partial charge in [-0.25, -0.2) is 0 Å². The standard InChI is InChI=1S/C23H22N2O3/c1-17-7-9-18(10-8-17)15-22(26)24-25-23(27)20-13-11-19(12-14-20)16-28-21-5-3-2-4-6-21/h2-14H,15-16H2,1H3,(H,24,26)(H,25,27). The van der Waals surface area contributed by atoms with E-state index in [4.69, 9.17) is 4.74 Å². The molecule has 0 unspecified atom stereocenters. The van der Waals surface area contributed by atoms with Crippen LogP contribution in [-0.2, 0) is 17.8 Å². The number of para-hydroxylation sites is 1. The maximum atomic E-state index is 12.2. The van der Waals surface area contributed by atoms with Gasteiger partial charge in [0.2, 0.25) is 5.91 Å². The highest BCUT2D eigenvalue weighted by atomic mass is 16.5. The minimum absolute atomic E-state index is 0.205. The molecule has 0 aliphatic rings. The summed E-state index contributed by atoms with van der Waals surface area (Å²) in [5.74, 6) is 0.151. The molecule has 3 aromatic carbocycles. The Morgan fingerprint density at radius 2 is 1.43 bits per heavy atom. The molecule has 5 nitrogen and oxygen atoms in total. The normalized spacial score (nSPS) is 10.2. The largest absolute Gasteiger partial charge is 0.489 e. The minimum Gasteiger partial charge on any atom is -0.489 e. The number of aryl methyl sites for hydroxylation is 1. The first-order chi connectivity index (χ1) is 13.6. The first-order valence-corrected chi connectivity index (χ1v) is 9.02. The van der Waals surface area contributed by atoms with Crippen LogP contribution < -0.4 is 15.6 Å². The lowest BCUT2D eigenvalue weighted by atomic mass is 10.1. The lowest BCUT2D eigenvalue weighted by Gasteiger charge is -2.09. The first kappa shape index (κ1) is 19.2. The van der Waals surface area contributed by atoms with E-state index in [-0.39, 0.29) is 18.2 Å². The fraction of sp³-hybridized carbons (Fsp3) is 0.130. The number of rotatable bonds is 6. The van der Waals surface area contributed by atoms with Gasteiger partial charge >= 0.3 is 0 Å². The molecule has 2 amide bonds. The van der Waals surface area contributed by atoms with Crippen molar-refractivity contribution in [2.75, 3.05) is 0 Å². The van der Waals surface area contributed by atoms with Crippen molar-refractivity contribution in [3.8, 4) is 5.75 Å². The maximum absolute atomic E-state index is 12.2. The number of nitrogens with one attached hydrogen (secondary N) is 2. The van der Waals surface area contributed by atoms with Crippen LogP contribution in [0.2, 0.25) is 0 Å². The average Bonchev–Trinajstić information content (AvgIpc) is 2.73. The van der Waals surface area contributed by atoms with Gasteiger partial charge in [0, 0.05) is 5.56 Å². The van der Waals surface area contributed by atoms with Crippen LogP contribution >= 0.6 is 0 Å². The van der Waals surface area contributed by atoms with Crippen molar-refractivity contribution in [1.29, 1.82) is 0 Å². The van der Waals surface area contributed by atoms with E-state index in [1.807, 2.05) is 73.7 Å². The molecule has 5 heteroatoms. The molecular formula is C23H22N2O3. The number of carbonyl (C=O) groups is 2. The Hall–Kier alpha value is -3.60. The molecule has 0 bridgehead atoms. The van der Waals surface area contributed by atoms with Crippen LogP contribution in [0, 0.1) is 6.92 Å². The average molecular weight is 374 g/mol. The number of hydrogen-bond acceptors (Lipinski definition) is 3. The zero-order chi connectivity index (χ0) is 19.8. The van der Waals surface area contributed by atoms with E-state index in [1.54, 1.807) is 12.1 Å². The molecule has 0 saturated carbocycles. The van der Waals surface area contributed by atoms with Crippen molar-refractivity contribution >= 4 is 11.8 Å². The summed E-state index contributed by atoms with van der Waals surface area (Å²) in [5, 5.41) is 0. The lowest BCUT2D eigenvalue weighted by molar-refractivity contribution is -0.121. The van der Waals surface area contributed by atoms with Crippen LogP contribution in [0.5, 0.6) is 5.75 Å². The van der Waals surface area contributed by atoms with Crippen molar-refractivity contribution in [2.45, 2.75) is 20.0 Å². The second-order valence-corrected chi connectivity index (χ2v) is 6.46. The summed E-state index contributed by atoms with van der Waals surface area (Å²) in [4.78, 5) is 24.1. The first-order valence-electron chi connectivity index (χ1n) is 9.02. The molecule has 3 aromatic rings. The molecule has 0 aromatic heterocycles. The highest BCUT2D eigenvalue weighted by molar-refractivity contribution is 5.95. The Bertz CT molecular complexity index is 920. The van der Waals surface area contributed by atoms with Gasteiger partial charge in [0.05, 0.1) is 6.42 Å². The number of ether oxygens (including phenoxy) is 1. The molecular weight excluding hydrogens is 352 g/mol. The Balaban J connectivity index is 1.46. The van der Waals surface area contributed by atoms with Crippen molar-refractivity contribution in [1.82, 2.24) is 10.9 Å². The second-order valence-electron chi connectivity index (χ2n) is 6.46. The number of benzene rings is 3. The van der Waals surface area contributed by atoms with Gasteiger partial charge in [-0.2, -0.15) is 0 Å². The Morgan fingerprint density at radius 3 is 2.11 bits per heavy atom. The third-order valence-electron chi connectivity index (χ3n) is 4.17. The molecule has 0 fully saturated rings. The third kappa shape index (κ3) is 5.71. The van der Waals surface area contributed by atoms with Crippen molar-refractivity contribution in [3.05, 3.63) is 101 Å². The molecule has 0 aliphatic heterocycles. The van der Waals surface area contributed by atoms with Gasteiger partial charge in [0.15, 0.2) is 0 Å². The molecule has 28 heavy (non-hydrogen) atoms. The SMILES string of the molecule is Cc1ccc(CC(=O)NNC(=O)c2ccc(COc3ccccc3)cc2)cc1. The summed E-state index contributed by atoms with van der Waals surface area (Å²) in [6.07, 6.45) is 0.205. The Morgan fingerprint density at radius 1 is 0.786 bits per heavy atom. The smallest absolute Gasteiger partial charge is 0.269 e. The lowest BCUT2D eigenvalue weighted by Crippen LogP contribution is -2.42. The number of amides is 2. The predicted octanol–water partition coefficient (Wildman–Crippen LogP) is 3.58. The summed E-state index contributed by atoms with van der Waals surface area (Å²) in [5.41, 5.74) is 8.31. The van der Waals surface area contributed by atoms with E-state index in [1.165, 1.54) is 0 Å². The molecule has 0 spiro atoms. The summed E-state index contributed by atoms with van der Waals surface area (Å²) < 4.78 is 5.68. The van der Waals surface area contributed by atoms with E-state index < -0.39 is 0 Å². The van der Waals surface area contributed by atoms with Crippen LogP contribution in [0.4, 0.5) is 0 Å². The molecule has 0 atom stereocenters. The molecule has 0 heterocycles. The fourth-order valence-corrected chi connectivity index (χ4v) is 2.57. The van der Waals surface area contributed by atoms with Gasteiger partial charge < -0.3 is 4.74 Å². The van der Waals surface area contributed by atoms with Gasteiger partial charge in [0.25, 0.3) is 5.91 Å². The van der Waals surface area contributed by atoms with Crippen molar-refractivity contribution in [3.63, 3.8) is 0 Å². The van der Waals surface area contributed by atoms with E-state index in [0.717, 1.165) is 22.4 Å². The molecule has 142 valence electrons. The van der Waals surface area contributed by atoms with Crippen molar-refractivity contribution in [2.24, 2.45) is 0 Å². The molecule has 3 rings (SSSR count). The number of carbonyl (C=O) groups excluding carboxylic acids is 2. The zero-order valence-electron chi connectivity index (χ0n) is 15.6. The van der Waals surface area contributed by atoms with E-state index >= 15 is 0 Å². The second kappa shape index (κ2) is 9.37. The van der Waals surface area contributed by atoms with Crippen LogP contribution in [0.1, 0.15) is 27.0 Å². The zero-order valence-corrected chi connectivity index (χ0v) is 15.6. The summed E-state index contributed by atoms with van der Waals surface area (Å²) in [6.45, 7) is 2.41. The van der Waals surface area contributed by atoms with Crippen LogP contribution in [0.3, 0.4) is 0 Å². The topological polar surface area (TPSA) is 67.4 Å². The third-order valence-corrected chi connectivity index (χ3v) is 4.17. The van der Waals surface area contributed by atoms with Crippen molar-refractivity contribution < 1.29 is 14.3 Å². The molecule has 0 saturated heterocycles. The number of hydrogen-bond donors (Lipinski definition) is 2. The monoisotopic (exact) mass is 374 g/mol. The summed E-state index contributed by atoms with van der Waals surface area (Å²) >= 11 is 0. The molecule has 0 radical (unpaired) electrons. The minimum atomic E-state index is -0.368. The Labute approximate surface area is 164 Å². The van der Waals surface area contributed by atoms with Gasteiger partial charge in [-0.1, -0.05) is 60.2 Å². The molecule has 0 aliphatic carbocycles. The van der Waals surface area contributed by atoms with Gasteiger partial charge in [-0.3, -0.25) is 20.4 Å². The summed E-state index contributed by atoms with van der Waals surface area (Å²) in [6, 6.07) is 24.3. The van der Waals surface area contributed by atoms with Crippen LogP contribution in [0.15, 0.2) is 78.9 Å². The van der Waals surface area contributed by atoms with Crippen LogP contribution in [0.25, 0.3) is 0 Å². The number of hydrazine groups is 1. The molecule has 2 N–H and O–H groups in total. The highest BCUT2D eigenvalue weighted by Gasteiger charge is 2.08. The predicted molar refractivity (Wildman–Crippen MR) is 108 cm³/mol. The maximum Gasteiger partial charge on any atom is 0.269 e. The van der Waals surface area contributed by atoms with E-state index in [9.17, 15) is 9.59 Å². The van der Waals surface area contributed by atoms with Gasteiger partial charge in [0.1, 0.15) is 12.4 Å². The quantitative estimate of drug-likeness (QED) is 0.648. The van der Waals surface area contributed by atoms with Crippen LogP contribution in [-0.4, -0.2) is 11.8 Å². The summed E-state index contributed by atoms with van der Waals surface area (Å²) in [7, 11) is 0. The highest BCUT2D eigenvalue weighted by Crippen LogP contribution is 2.12. The van der Waals surface area contributed by atoms with E-state index in [2.05, 4.69) is 10.9 Å². The fourth-order valence-electron chi connectivity index (χ4n) is 2.57.